The number of aromatic nitrogens is 2. The van der Waals surface area contributed by atoms with Crippen molar-refractivity contribution in [3.63, 3.8) is 0 Å². The van der Waals surface area contributed by atoms with Crippen LogP contribution in [-0.2, 0) is 27.9 Å². The lowest BCUT2D eigenvalue weighted by Gasteiger charge is -2.04. The third-order valence-corrected chi connectivity index (χ3v) is 3.72. The molecular weight excluding hydrogens is 228 g/mol. The highest BCUT2D eigenvalue weighted by Gasteiger charge is 2.15. The Morgan fingerprint density at radius 3 is 2.88 bits per heavy atom. The van der Waals surface area contributed by atoms with Gasteiger partial charge in [-0.25, -0.2) is 0 Å². The van der Waals surface area contributed by atoms with Gasteiger partial charge in [-0.2, -0.15) is 5.10 Å². The van der Waals surface area contributed by atoms with Crippen molar-refractivity contribution in [2.24, 2.45) is 5.92 Å². The SMILES string of the molecule is CCn1cc(CS(=O)CC(C)C(=O)O)cn1. The Balaban J connectivity index is 2.48. The van der Waals surface area contributed by atoms with E-state index in [0.29, 0.717) is 5.75 Å². The monoisotopic (exact) mass is 244 g/mol. The first kappa shape index (κ1) is 12.9. The van der Waals surface area contributed by atoms with Crippen LogP contribution in [0, 0.1) is 5.92 Å². The van der Waals surface area contributed by atoms with Crippen LogP contribution < -0.4 is 0 Å². The van der Waals surface area contributed by atoms with E-state index >= 15 is 0 Å². The van der Waals surface area contributed by atoms with Crippen LogP contribution in [0.25, 0.3) is 0 Å². The van der Waals surface area contributed by atoms with E-state index in [0.717, 1.165) is 12.1 Å². The molecule has 1 aromatic rings. The molecule has 0 fully saturated rings. The highest BCUT2D eigenvalue weighted by Crippen LogP contribution is 2.06. The average molecular weight is 244 g/mol. The highest BCUT2D eigenvalue weighted by atomic mass is 32.2. The van der Waals surface area contributed by atoms with Crippen molar-refractivity contribution in [2.75, 3.05) is 5.75 Å². The van der Waals surface area contributed by atoms with Gasteiger partial charge in [-0.05, 0) is 6.92 Å². The van der Waals surface area contributed by atoms with Crippen molar-refractivity contribution in [1.82, 2.24) is 9.78 Å². The highest BCUT2D eigenvalue weighted by molar-refractivity contribution is 7.84. The molecule has 6 heteroatoms. The Morgan fingerprint density at radius 1 is 1.69 bits per heavy atom. The normalized spacial score (nSPS) is 14.6. The van der Waals surface area contributed by atoms with Gasteiger partial charge < -0.3 is 5.11 Å². The van der Waals surface area contributed by atoms with Crippen molar-refractivity contribution in [1.29, 1.82) is 0 Å². The summed E-state index contributed by atoms with van der Waals surface area (Å²) in [6, 6.07) is 0. The van der Waals surface area contributed by atoms with Crippen LogP contribution in [0.2, 0.25) is 0 Å². The number of aryl methyl sites for hydroxylation is 1. The molecule has 0 aliphatic rings. The van der Waals surface area contributed by atoms with Crippen LogP contribution >= 0.6 is 0 Å². The molecule has 0 bridgehead atoms. The minimum Gasteiger partial charge on any atom is -0.481 e. The first-order chi connectivity index (χ1) is 7.52. The molecule has 0 aromatic carbocycles. The fourth-order valence-corrected chi connectivity index (χ4v) is 2.59. The topological polar surface area (TPSA) is 72.2 Å². The van der Waals surface area contributed by atoms with Crippen LogP contribution in [0.1, 0.15) is 19.4 Å². The molecule has 1 heterocycles. The summed E-state index contributed by atoms with van der Waals surface area (Å²) in [5, 5.41) is 12.8. The van der Waals surface area contributed by atoms with Crippen LogP contribution in [-0.4, -0.2) is 30.8 Å². The second kappa shape index (κ2) is 5.79. The van der Waals surface area contributed by atoms with Gasteiger partial charge in [0.1, 0.15) is 0 Å². The smallest absolute Gasteiger partial charge is 0.307 e. The first-order valence-corrected chi connectivity index (χ1v) is 6.60. The number of carboxylic acids is 1. The van der Waals surface area contributed by atoms with Crippen LogP contribution in [0.5, 0.6) is 0 Å². The molecule has 2 unspecified atom stereocenters. The number of rotatable bonds is 6. The third-order valence-electron chi connectivity index (χ3n) is 2.20. The van der Waals surface area contributed by atoms with E-state index in [4.69, 9.17) is 5.11 Å². The summed E-state index contributed by atoms with van der Waals surface area (Å²) >= 11 is 0. The lowest BCUT2D eigenvalue weighted by Crippen LogP contribution is -2.18. The van der Waals surface area contributed by atoms with Crippen molar-refractivity contribution < 1.29 is 14.1 Å². The lowest BCUT2D eigenvalue weighted by molar-refractivity contribution is -0.140. The van der Waals surface area contributed by atoms with E-state index in [1.165, 1.54) is 0 Å². The quantitative estimate of drug-likeness (QED) is 0.806. The van der Waals surface area contributed by atoms with E-state index in [1.54, 1.807) is 17.8 Å². The second-order valence-corrected chi connectivity index (χ2v) is 5.20. The van der Waals surface area contributed by atoms with E-state index in [-0.39, 0.29) is 5.75 Å². The molecule has 0 aliphatic heterocycles. The molecule has 0 amide bonds. The maximum atomic E-state index is 11.6. The summed E-state index contributed by atoms with van der Waals surface area (Å²) < 4.78 is 13.4. The van der Waals surface area contributed by atoms with Crippen molar-refractivity contribution >= 4 is 16.8 Å². The molecule has 2 atom stereocenters. The molecular formula is C10H16N2O3S. The van der Waals surface area contributed by atoms with E-state index in [1.807, 2.05) is 13.1 Å². The standard InChI is InChI=1S/C10H16N2O3S/c1-3-12-5-9(4-11-12)7-16(15)6-8(2)10(13)14/h4-5,8H,3,6-7H2,1-2H3,(H,13,14). The Kier molecular flexibility index (Phi) is 4.67. The third kappa shape index (κ3) is 3.77. The van der Waals surface area contributed by atoms with Crippen LogP contribution in [0.3, 0.4) is 0 Å². The van der Waals surface area contributed by atoms with Gasteiger partial charge in [0.25, 0.3) is 0 Å². The zero-order valence-corrected chi connectivity index (χ0v) is 10.2. The summed E-state index contributed by atoms with van der Waals surface area (Å²) in [6.45, 7) is 4.31. The summed E-state index contributed by atoms with van der Waals surface area (Å²) in [5.41, 5.74) is 0.887. The Hall–Kier alpha value is -1.17. The zero-order valence-electron chi connectivity index (χ0n) is 9.42. The van der Waals surface area contributed by atoms with Crippen LogP contribution in [0.4, 0.5) is 0 Å². The molecule has 0 saturated carbocycles. The summed E-state index contributed by atoms with van der Waals surface area (Å²) in [7, 11) is -1.14. The number of hydrogen-bond donors (Lipinski definition) is 1. The number of nitrogens with zero attached hydrogens (tertiary/aromatic N) is 2. The molecule has 90 valence electrons. The molecule has 1 aromatic heterocycles. The predicted molar refractivity (Wildman–Crippen MR) is 61.4 cm³/mol. The van der Waals surface area contributed by atoms with Gasteiger partial charge in [0.2, 0.25) is 0 Å². The van der Waals surface area contributed by atoms with Gasteiger partial charge in [-0.1, -0.05) is 6.92 Å². The van der Waals surface area contributed by atoms with E-state index in [9.17, 15) is 9.00 Å². The maximum absolute atomic E-state index is 11.6. The van der Waals surface area contributed by atoms with E-state index < -0.39 is 22.7 Å². The minimum atomic E-state index is -1.14. The zero-order chi connectivity index (χ0) is 12.1. The number of hydrogen-bond acceptors (Lipinski definition) is 3. The molecule has 5 nitrogen and oxygen atoms in total. The van der Waals surface area contributed by atoms with Crippen molar-refractivity contribution in [3.8, 4) is 0 Å². The fourth-order valence-electron chi connectivity index (χ4n) is 1.25. The largest absolute Gasteiger partial charge is 0.481 e. The Labute approximate surface area is 96.9 Å². The molecule has 1 rings (SSSR count). The molecule has 0 spiro atoms. The number of aliphatic carboxylic acids is 1. The maximum Gasteiger partial charge on any atom is 0.307 e. The van der Waals surface area contributed by atoms with Crippen molar-refractivity contribution in [3.05, 3.63) is 18.0 Å². The Bertz CT molecular complexity index is 389. The van der Waals surface area contributed by atoms with Gasteiger partial charge in [-0.3, -0.25) is 13.7 Å². The molecule has 0 saturated heterocycles. The van der Waals surface area contributed by atoms with Gasteiger partial charge in [0.15, 0.2) is 0 Å². The van der Waals surface area contributed by atoms with Gasteiger partial charge in [-0.15, -0.1) is 0 Å². The Morgan fingerprint density at radius 2 is 2.38 bits per heavy atom. The summed E-state index contributed by atoms with van der Waals surface area (Å²) in [5.74, 6) is -0.913. The fraction of sp³-hybridized carbons (Fsp3) is 0.600. The van der Waals surface area contributed by atoms with Crippen molar-refractivity contribution in [2.45, 2.75) is 26.1 Å². The molecule has 0 aliphatic carbocycles. The minimum absolute atomic E-state index is 0.187. The summed E-state index contributed by atoms with van der Waals surface area (Å²) in [4.78, 5) is 10.6. The lowest BCUT2D eigenvalue weighted by atomic mass is 10.2. The van der Waals surface area contributed by atoms with Gasteiger partial charge >= 0.3 is 5.97 Å². The molecule has 0 radical (unpaired) electrons. The molecule has 16 heavy (non-hydrogen) atoms. The van der Waals surface area contributed by atoms with E-state index in [2.05, 4.69) is 5.10 Å². The van der Waals surface area contributed by atoms with Gasteiger partial charge in [0.05, 0.1) is 17.9 Å². The second-order valence-electron chi connectivity index (χ2n) is 3.69. The summed E-state index contributed by atoms with van der Waals surface area (Å²) in [6.07, 6.45) is 3.51. The number of carboxylic acid groups (broad SMARTS) is 1. The predicted octanol–water partition coefficient (Wildman–Crippen LogP) is 0.872. The average Bonchev–Trinajstić information content (AvgIpc) is 2.65. The number of carbonyl (C=O) groups is 1. The first-order valence-electron chi connectivity index (χ1n) is 5.12. The molecule has 1 N–H and O–H groups in total. The van der Waals surface area contributed by atoms with Crippen LogP contribution in [0.15, 0.2) is 12.4 Å². The van der Waals surface area contributed by atoms with Gasteiger partial charge in [0, 0.05) is 34.9 Å².